The van der Waals surface area contributed by atoms with Crippen LogP contribution in [0, 0.1) is 17.8 Å². The maximum atomic E-state index is 13.2. The number of rotatable bonds is 0. The summed E-state index contributed by atoms with van der Waals surface area (Å²) < 4.78 is 34.7. The highest BCUT2D eigenvalue weighted by atomic mass is 35.5. The number of benzene rings is 2. The predicted octanol–water partition coefficient (Wildman–Crippen LogP) is 4.61. The van der Waals surface area contributed by atoms with E-state index in [9.17, 15) is 18.3 Å². The molecule has 9 heteroatoms. The molecule has 2 aromatic rings. The standard InChI is InChI=1S/C31H35ClN2O5S/c32-23-8-10-25-19(13-23)4-2-12-31(25)17-34-16-22-6-9-24(22)27(35)5-1-3-20-15-29(20)40(37,38)33-30(36)21-7-11-28(39-18-31)26(34)14-21/h1,5,7-8,10-11,13-14,20,22,24,27,29,35H,2-4,6,9,12,15-18H2,(H,33,36)/b5-1-/t20-,22-,24+,27-,29-,31-/m0/s1. The van der Waals surface area contributed by atoms with E-state index in [0.29, 0.717) is 43.2 Å². The van der Waals surface area contributed by atoms with Gasteiger partial charge >= 0.3 is 0 Å². The summed E-state index contributed by atoms with van der Waals surface area (Å²) in [5.74, 6) is 0.506. The molecular formula is C31H35ClN2O5S. The largest absolute Gasteiger partial charge is 0.490 e. The van der Waals surface area contributed by atoms with Crippen LogP contribution in [-0.2, 0) is 21.9 Å². The van der Waals surface area contributed by atoms with Crippen molar-refractivity contribution in [2.75, 3.05) is 24.6 Å². The van der Waals surface area contributed by atoms with Gasteiger partial charge in [-0.25, -0.2) is 13.1 Å². The molecule has 40 heavy (non-hydrogen) atoms. The first kappa shape index (κ1) is 26.4. The normalized spacial score (nSPS) is 35.1. The van der Waals surface area contributed by atoms with E-state index < -0.39 is 27.3 Å². The first-order valence-electron chi connectivity index (χ1n) is 14.4. The molecule has 1 amide bonds. The smallest absolute Gasteiger partial charge is 0.264 e. The van der Waals surface area contributed by atoms with Crippen molar-refractivity contribution >= 4 is 33.2 Å². The third kappa shape index (κ3) is 4.62. The monoisotopic (exact) mass is 582 g/mol. The van der Waals surface area contributed by atoms with Gasteiger partial charge in [-0.1, -0.05) is 29.8 Å². The van der Waals surface area contributed by atoms with Crippen molar-refractivity contribution in [1.82, 2.24) is 4.72 Å². The van der Waals surface area contributed by atoms with Gasteiger partial charge in [0, 0.05) is 29.1 Å². The second-order valence-electron chi connectivity index (χ2n) is 12.5. The lowest BCUT2D eigenvalue weighted by molar-refractivity contribution is 0.0456. The lowest BCUT2D eigenvalue weighted by Crippen LogP contribution is -2.49. The van der Waals surface area contributed by atoms with Gasteiger partial charge in [0.1, 0.15) is 5.75 Å². The number of sulfonamides is 1. The minimum absolute atomic E-state index is 0.0285. The number of anilines is 1. The van der Waals surface area contributed by atoms with Crippen LogP contribution < -0.4 is 14.4 Å². The van der Waals surface area contributed by atoms with E-state index in [1.807, 2.05) is 18.2 Å². The lowest BCUT2D eigenvalue weighted by atomic mass is 9.68. The molecule has 2 heterocycles. The maximum absolute atomic E-state index is 13.2. The van der Waals surface area contributed by atoms with Crippen LogP contribution in [0.1, 0.15) is 60.0 Å². The van der Waals surface area contributed by atoms with Gasteiger partial charge in [0.15, 0.2) is 0 Å². The summed E-state index contributed by atoms with van der Waals surface area (Å²) in [6.07, 6.45) is 9.31. The zero-order valence-electron chi connectivity index (χ0n) is 22.4. The van der Waals surface area contributed by atoms with Gasteiger partial charge in [-0.3, -0.25) is 4.79 Å². The second kappa shape index (κ2) is 9.78. The van der Waals surface area contributed by atoms with Crippen LogP contribution in [0.25, 0.3) is 0 Å². The Hall–Kier alpha value is -2.55. The van der Waals surface area contributed by atoms with Crippen LogP contribution in [0.4, 0.5) is 5.69 Å². The fourth-order valence-electron chi connectivity index (χ4n) is 7.46. The molecule has 1 spiro atoms. The molecule has 7 nitrogen and oxygen atoms in total. The summed E-state index contributed by atoms with van der Waals surface area (Å²) in [6.45, 7) is 1.94. The summed E-state index contributed by atoms with van der Waals surface area (Å²) in [4.78, 5) is 15.5. The third-order valence-corrected chi connectivity index (χ3v) is 12.0. The topological polar surface area (TPSA) is 95.9 Å². The Morgan fingerprint density at radius 3 is 2.83 bits per heavy atom. The molecule has 7 rings (SSSR count). The summed E-state index contributed by atoms with van der Waals surface area (Å²) in [5.41, 5.74) is 3.38. The first-order valence-corrected chi connectivity index (χ1v) is 16.4. The van der Waals surface area contributed by atoms with Gasteiger partial charge in [-0.15, -0.1) is 0 Å². The van der Waals surface area contributed by atoms with Crippen molar-refractivity contribution in [1.29, 1.82) is 0 Å². The highest BCUT2D eigenvalue weighted by molar-refractivity contribution is 7.91. The van der Waals surface area contributed by atoms with Gasteiger partial charge in [0.25, 0.3) is 5.91 Å². The van der Waals surface area contributed by atoms with Crippen LogP contribution in [0.2, 0.25) is 5.02 Å². The van der Waals surface area contributed by atoms with E-state index in [1.165, 1.54) is 11.1 Å². The predicted molar refractivity (Wildman–Crippen MR) is 154 cm³/mol. The number of aryl methyl sites for hydroxylation is 1. The Bertz CT molecular complexity index is 1490. The zero-order chi connectivity index (χ0) is 27.6. The number of hydrogen-bond donors (Lipinski definition) is 2. The molecule has 0 radical (unpaired) electrons. The second-order valence-corrected chi connectivity index (χ2v) is 14.8. The fraction of sp³-hybridized carbons (Fsp3) is 0.516. The van der Waals surface area contributed by atoms with E-state index in [4.69, 9.17) is 16.3 Å². The SMILES string of the molecule is O=C1NS(=O)(=O)[C@H]2C[C@@H]2C/C=C\[C@H](O)[C@@H]2CC[C@H]2CN2C[C@@]3(CCCc4cc(Cl)ccc43)COc3ccc1cc32. The number of nitrogens with one attached hydrogen (secondary N) is 1. The Balaban J connectivity index is 1.29. The summed E-state index contributed by atoms with van der Waals surface area (Å²) in [7, 11) is -3.79. The molecular weight excluding hydrogens is 548 g/mol. The van der Waals surface area contributed by atoms with E-state index in [1.54, 1.807) is 18.2 Å². The molecule has 0 aromatic heterocycles. The summed E-state index contributed by atoms with van der Waals surface area (Å²) >= 11 is 6.37. The van der Waals surface area contributed by atoms with Crippen molar-refractivity contribution in [2.24, 2.45) is 17.8 Å². The quantitative estimate of drug-likeness (QED) is 0.441. The van der Waals surface area contributed by atoms with Gasteiger partial charge in [-0.2, -0.15) is 0 Å². The third-order valence-electron chi connectivity index (χ3n) is 9.93. The number of amides is 1. The molecule has 2 saturated carbocycles. The van der Waals surface area contributed by atoms with Crippen LogP contribution >= 0.6 is 11.6 Å². The number of aliphatic hydroxyl groups excluding tert-OH is 1. The summed E-state index contributed by atoms with van der Waals surface area (Å²) in [6, 6.07) is 11.4. The molecule has 212 valence electrons. The number of aliphatic hydroxyl groups is 1. The zero-order valence-corrected chi connectivity index (χ0v) is 24.0. The number of nitrogens with zero attached hydrogens (tertiary/aromatic N) is 1. The molecule has 2 aliphatic heterocycles. The van der Waals surface area contributed by atoms with Crippen LogP contribution in [0.3, 0.4) is 0 Å². The number of carbonyl (C=O) groups is 1. The molecule has 0 saturated heterocycles. The number of ether oxygens (including phenoxy) is 1. The Labute approximate surface area is 240 Å². The molecule has 5 aliphatic rings. The van der Waals surface area contributed by atoms with E-state index in [-0.39, 0.29) is 17.3 Å². The van der Waals surface area contributed by atoms with Crippen molar-refractivity contribution < 1.29 is 23.1 Å². The van der Waals surface area contributed by atoms with Crippen molar-refractivity contribution in [2.45, 2.75) is 61.7 Å². The Kier molecular flexibility index (Phi) is 6.44. The molecule has 2 aromatic carbocycles. The number of carbonyl (C=O) groups excluding carboxylic acids is 1. The number of halogens is 1. The van der Waals surface area contributed by atoms with Gasteiger partial charge < -0.3 is 14.7 Å². The minimum Gasteiger partial charge on any atom is -0.490 e. The van der Waals surface area contributed by atoms with Crippen LogP contribution in [0.15, 0.2) is 48.6 Å². The molecule has 6 atom stereocenters. The highest BCUT2D eigenvalue weighted by Crippen LogP contribution is 2.47. The molecule has 3 aliphatic carbocycles. The van der Waals surface area contributed by atoms with E-state index >= 15 is 0 Å². The van der Waals surface area contributed by atoms with Crippen molar-refractivity contribution in [3.8, 4) is 5.75 Å². The maximum Gasteiger partial charge on any atom is 0.264 e. The highest BCUT2D eigenvalue weighted by Gasteiger charge is 2.48. The molecule has 0 unspecified atom stereocenters. The number of allylic oxidation sites excluding steroid dienone is 1. The summed E-state index contributed by atoms with van der Waals surface area (Å²) in [5, 5.41) is 11.2. The van der Waals surface area contributed by atoms with Crippen LogP contribution in [-0.4, -0.2) is 50.5 Å². The Morgan fingerprint density at radius 2 is 2.00 bits per heavy atom. The minimum atomic E-state index is -3.79. The number of hydrogen-bond acceptors (Lipinski definition) is 6. The Morgan fingerprint density at radius 1 is 1.12 bits per heavy atom. The molecule has 2 N–H and O–H groups in total. The van der Waals surface area contributed by atoms with E-state index in [0.717, 1.165) is 49.4 Å². The van der Waals surface area contributed by atoms with E-state index in [2.05, 4.69) is 21.8 Å². The first-order chi connectivity index (χ1) is 19.2. The van der Waals surface area contributed by atoms with Crippen LogP contribution in [0.5, 0.6) is 5.75 Å². The van der Waals surface area contributed by atoms with Gasteiger partial charge in [0.2, 0.25) is 10.0 Å². The average Bonchev–Trinajstić information content (AvgIpc) is 3.70. The average molecular weight is 583 g/mol. The fourth-order valence-corrected chi connectivity index (χ4v) is 9.30. The molecule has 2 fully saturated rings. The van der Waals surface area contributed by atoms with Gasteiger partial charge in [-0.05, 0) is 104 Å². The molecule has 2 bridgehead atoms. The van der Waals surface area contributed by atoms with Crippen molar-refractivity contribution in [3.63, 3.8) is 0 Å². The van der Waals surface area contributed by atoms with Gasteiger partial charge in [0.05, 0.1) is 23.6 Å². The van der Waals surface area contributed by atoms with Crippen molar-refractivity contribution in [3.05, 3.63) is 70.3 Å². The number of fused-ring (bicyclic) bond motifs is 5. The lowest BCUT2D eigenvalue weighted by Gasteiger charge is -2.45.